The van der Waals surface area contributed by atoms with Gasteiger partial charge in [0.15, 0.2) is 0 Å². The Balaban J connectivity index is 2.20. The van der Waals surface area contributed by atoms with Gasteiger partial charge in [-0.15, -0.1) is 0 Å². The molecule has 0 spiro atoms. The fourth-order valence-corrected chi connectivity index (χ4v) is 0.679. The van der Waals surface area contributed by atoms with Gasteiger partial charge in [-0.25, -0.2) is 5.43 Å². The van der Waals surface area contributed by atoms with E-state index >= 15 is 0 Å². The zero-order valence-corrected chi connectivity index (χ0v) is 5.76. The van der Waals surface area contributed by atoms with Gasteiger partial charge in [0.05, 0.1) is 0 Å². The summed E-state index contributed by atoms with van der Waals surface area (Å²) in [7, 11) is 0. The standard InChI is InChI=1S/C5H12N4/c1-5(2)8-9-3-6-7-4-9/h3,5,7-8H,4H2,1-2H3. The first kappa shape index (κ1) is 6.35. The number of hydrazine groups is 1. The summed E-state index contributed by atoms with van der Waals surface area (Å²) in [4.78, 5) is 0. The van der Waals surface area contributed by atoms with Crippen LogP contribution >= 0.6 is 0 Å². The number of nitrogens with zero attached hydrogens (tertiary/aromatic N) is 2. The van der Waals surface area contributed by atoms with Crippen LogP contribution < -0.4 is 10.9 Å². The second-order valence-corrected chi connectivity index (χ2v) is 2.31. The third kappa shape index (κ3) is 1.89. The summed E-state index contributed by atoms with van der Waals surface area (Å²) in [5, 5.41) is 5.71. The van der Waals surface area contributed by atoms with E-state index in [1.807, 2.05) is 5.01 Å². The van der Waals surface area contributed by atoms with Crippen LogP contribution in [0.3, 0.4) is 0 Å². The van der Waals surface area contributed by atoms with E-state index in [4.69, 9.17) is 0 Å². The molecule has 0 amide bonds. The lowest BCUT2D eigenvalue weighted by atomic mass is 10.4. The van der Waals surface area contributed by atoms with Crippen LogP contribution in [0.5, 0.6) is 0 Å². The summed E-state index contributed by atoms with van der Waals surface area (Å²) in [5.41, 5.74) is 5.97. The highest BCUT2D eigenvalue weighted by atomic mass is 15.6. The molecule has 0 saturated heterocycles. The van der Waals surface area contributed by atoms with Crippen LogP contribution in [0.25, 0.3) is 0 Å². The topological polar surface area (TPSA) is 39.7 Å². The largest absolute Gasteiger partial charge is 0.288 e. The first-order chi connectivity index (χ1) is 4.29. The van der Waals surface area contributed by atoms with Crippen LogP contribution in [0.2, 0.25) is 0 Å². The molecule has 1 rings (SSSR count). The Morgan fingerprint density at radius 3 is 3.00 bits per heavy atom. The summed E-state index contributed by atoms with van der Waals surface area (Å²) >= 11 is 0. The van der Waals surface area contributed by atoms with Crippen molar-refractivity contribution in [2.24, 2.45) is 5.10 Å². The first-order valence-electron chi connectivity index (χ1n) is 3.08. The summed E-state index contributed by atoms with van der Waals surface area (Å²) < 4.78 is 0. The molecule has 0 atom stereocenters. The molecule has 0 unspecified atom stereocenters. The smallest absolute Gasteiger partial charge is 0.127 e. The zero-order chi connectivity index (χ0) is 6.69. The molecule has 0 radical (unpaired) electrons. The van der Waals surface area contributed by atoms with Crippen LogP contribution in [-0.4, -0.2) is 24.1 Å². The Bertz CT molecular complexity index is 110. The molecule has 0 aromatic carbocycles. The number of hydrazone groups is 1. The minimum absolute atomic E-state index is 0.469. The lowest BCUT2D eigenvalue weighted by Crippen LogP contribution is -2.41. The summed E-state index contributed by atoms with van der Waals surface area (Å²) in [6, 6.07) is 0.469. The molecule has 0 fully saturated rings. The Kier molecular flexibility index (Phi) is 1.89. The molecule has 9 heavy (non-hydrogen) atoms. The van der Waals surface area contributed by atoms with Gasteiger partial charge >= 0.3 is 0 Å². The van der Waals surface area contributed by atoms with Crippen molar-refractivity contribution >= 4 is 6.34 Å². The highest BCUT2D eigenvalue weighted by molar-refractivity contribution is 5.55. The number of rotatable bonds is 2. The average Bonchev–Trinajstić information content (AvgIpc) is 2.15. The van der Waals surface area contributed by atoms with Crippen LogP contribution in [0.15, 0.2) is 5.10 Å². The van der Waals surface area contributed by atoms with Crippen molar-refractivity contribution in [1.82, 2.24) is 15.9 Å². The Morgan fingerprint density at radius 1 is 1.78 bits per heavy atom. The molecule has 4 nitrogen and oxygen atoms in total. The number of nitrogens with one attached hydrogen (secondary N) is 2. The molecule has 1 aliphatic heterocycles. The van der Waals surface area contributed by atoms with E-state index in [1.54, 1.807) is 6.34 Å². The van der Waals surface area contributed by atoms with E-state index in [2.05, 4.69) is 29.8 Å². The predicted molar refractivity (Wildman–Crippen MR) is 36.6 cm³/mol. The minimum atomic E-state index is 0.469. The van der Waals surface area contributed by atoms with Crippen LogP contribution in [0, 0.1) is 0 Å². The second kappa shape index (κ2) is 2.68. The highest BCUT2D eigenvalue weighted by Gasteiger charge is 2.03. The van der Waals surface area contributed by atoms with E-state index in [0.29, 0.717) is 6.04 Å². The molecule has 2 N–H and O–H groups in total. The third-order valence-corrected chi connectivity index (χ3v) is 0.953. The van der Waals surface area contributed by atoms with Gasteiger partial charge < -0.3 is 0 Å². The molecule has 0 aromatic heterocycles. The molecule has 52 valence electrons. The third-order valence-electron chi connectivity index (χ3n) is 0.953. The SMILES string of the molecule is CC(C)NN1C=NNC1. The van der Waals surface area contributed by atoms with Gasteiger partial charge in [-0.2, -0.15) is 5.10 Å². The molecule has 0 aromatic rings. The minimum Gasteiger partial charge on any atom is -0.288 e. The van der Waals surface area contributed by atoms with Crippen molar-refractivity contribution in [3.63, 3.8) is 0 Å². The van der Waals surface area contributed by atoms with Crippen LogP contribution in [0.1, 0.15) is 13.8 Å². The lowest BCUT2D eigenvalue weighted by Gasteiger charge is -2.16. The quantitative estimate of drug-likeness (QED) is 0.536. The van der Waals surface area contributed by atoms with Crippen LogP contribution in [0.4, 0.5) is 0 Å². The predicted octanol–water partition coefficient (Wildman–Crippen LogP) is -0.295. The van der Waals surface area contributed by atoms with Gasteiger partial charge in [-0.05, 0) is 13.8 Å². The van der Waals surface area contributed by atoms with Gasteiger partial charge in [0.1, 0.15) is 13.0 Å². The second-order valence-electron chi connectivity index (χ2n) is 2.31. The number of hydrogen-bond acceptors (Lipinski definition) is 4. The normalized spacial score (nSPS) is 17.0. The molecule has 0 saturated carbocycles. The maximum atomic E-state index is 3.81. The van der Waals surface area contributed by atoms with Crippen molar-refractivity contribution < 1.29 is 0 Å². The van der Waals surface area contributed by atoms with Gasteiger partial charge in [-0.1, -0.05) is 0 Å². The average molecular weight is 128 g/mol. The zero-order valence-electron chi connectivity index (χ0n) is 5.76. The molecular weight excluding hydrogens is 116 g/mol. The Morgan fingerprint density at radius 2 is 2.56 bits per heavy atom. The maximum absolute atomic E-state index is 3.81. The maximum Gasteiger partial charge on any atom is 0.127 e. The summed E-state index contributed by atoms with van der Waals surface area (Å²) in [5.74, 6) is 0. The molecule has 4 heteroatoms. The van der Waals surface area contributed by atoms with E-state index in [0.717, 1.165) is 6.67 Å². The van der Waals surface area contributed by atoms with Crippen molar-refractivity contribution in [3.05, 3.63) is 0 Å². The Hall–Kier alpha value is -0.770. The van der Waals surface area contributed by atoms with Gasteiger partial charge in [0.25, 0.3) is 0 Å². The summed E-state index contributed by atoms with van der Waals surface area (Å²) in [6.07, 6.45) is 1.74. The van der Waals surface area contributed by atoms with E-state index in [-0.39, 0.29) is 0 Å². The fourth-order valence-electron chi connectivity index (χ4n) is 0.679. The van der Waals surface area contributed by atoms with E-state index in [1.165, 1.54) is 0 Å². The van der Waals surface area contributed by atoms with E-state index < -0.39 is 0 Å². The van der Waals surface area contributed by atoms with Gasteiger partial charge in [0, 0.05) is 6.04 Å². The van der Waals surface area contributed by atoms with Gasteiger partial charge in [-0.3, -0.25) is 10.4 Å². The monoisotopic (exact) mass is 128 g/mol. The van der Waals surface area contributed by atoms with Crippen molar-refractivity contribution in [2.45, 2.75) is 19.9 Å². The van der Waals surface area contributed by atoms with Crippen molar-refractivity contribution in [3.8, 4) is 0 Å². The van der Waals surface area contributed by atoms with Crippen molar-refractivity contribution in [1.29, 1.82) is 0 Å². The molecule has 1 aliphatic rings. The molecular formula is C5H12N4. The number of hydrogen-bond donors (Lipinski definition) is 2. The van der Waals surface area contributed by atoms with E-state index in [9.17, 15) is 0 Å². The highest BCUT2D eigenvalue weighted by Crippen LogP contribution is 1.84. The first-order valence-corrected chi connectivity index (χ1v) is 3.08. The lowest BCUT2D eigenvalue weighted by molar-refractivity contribution is 0.290. The fraction of sp³-hybridized carbons (Fsp3) is 0.800. The molecule has 0 bridgehead atoms. The van der Waals surface area contributed by atoms with Crippen molar-refractivity contribution in [2.75, 3.05) is 6.67 Å². The van der Waals surface area contributed by atoms with Gasteiger partial charge in [0.2, 0.25) is 0 Å². The van der Waals surface area contributed by atoms with Crippen LogP contribution in [-0.2, 0) is 0 Å². The summed E-state index contributed by atoms with van der Waals surface area (Å²) in [6.45, 7) is 4.94. The molecule has 1 heterocycles. The molecule has 0 aliphatic carbocycles. The Labute approximate surface area is 54.9 Å².